The topological polar surface area (TPSA) is 101 Å². The zero-order valence-electron chi connectivity index (χ0n) is 12.2. The van der Waals surface area contributed by atoms with Crippen molar-refractivity contribution in [1.29, 1.82) is 0 Å². The fraction of sp³-hybridized carbons (Fsp3) is 0.615. The van der Waals surface area contributed by atoms with Crippen molar-refractivity contribution in [1.82, 2.24) is 5.32 Å². The summed E-state index contributed by atoms with van der Waals surface area (Å²) in [6, 6.07) is 0. The first kappa shape index (κ1) is 16.1. The van der Waals surface area contributed by atoms with E-state index in [-0.39, 0.29) is 11.7 Å². The molecule has 21 heavy (non-hydrogen) atoms. The summed E-state index contributed by atoms with van der Waals surface area (Å²) in [5, 5.41) is 6.71. The van der Waals surface area contributed by atoms with Crippen LogP contribution in [0.25, 0.3) is 0 Å². The molecule has 1 aromatic rings. The molecule has 0 bridgehead atoms. The van der Waals surface area contributed by atoms with Gasteiger partial charge >= 0.3 is 0 Å². The lowest BCUT2D eigenvalue weighted by molar-refractivity contribution is 0.0960. The summed E-state index contributed by atoms with van der Waals surface area (Å²) in [6.07, 6.45) is 3.34. The smallest absolute Gasteiger partial charge is 0.263 e. The Labute approximate surface area is 129 Å². The predicted octanol–water partition coefficient (Wildman–Crippen LogP) is 1.41. The van der Waals surface area contributed by atoms with Crippen LogP contribution in [-0.2, 0) is 9.84 Å². The van der Waals surface area contributed by atoms with Crippen LogP contribution in [0.4, 0.5) is 10.7 Å². The SMILES string of the molecule is CCNC(=O)c1sc(NCCS(C)(=O)=O)c(C2CC2)c1N. The Hall–Kier alpha value is -1.28. The molecule has 6 nitrogen and oxygen atoms in total. The molecule has 1 amide bonds. The van der Waals surface area contributed by atoms with Crippen molar-refractivity contribution in [2.45, 2.75) is 25.7 Å². The van der Waals surface area contributed by atoms with Gasteiger partial charge in [-0.05, 0) is 25.7 Å². The fourth-order valence-electron chi connectivity index (χ4n) is 2.12. The van der Waals surface area contributed by atoms with Gasteiger partial charge in [0.15, 0.2) is 0 Å². The molecule has 118 valence electrons. The highest BCUT2D eigenvalue weighted by molar-refractivity contribution is 7.90. The molecule has 0 aliphatic heterocycles. The van der Waals surface area contributed by atoms with Gasteiger partial charge in [0, 0.05) is 24.9 Å². The molecule has 1 fully saturated rings. The van der Waals surface area contributed by atoms with E-state index in [1.54, 1.807) is 0 Å². The molecule has 0 unspecified atom stereocenters. The molecule has 4 N–H and O–H groups in total. The van der Waals surface area contributed by atoms with Gasteiger partial charge in [-0.2, -0.15) is 0 Å². The number of amides is 1. The van der Waals surface area contributed by atoms with Crippen LogP contribution in [0.5, 0.6) is 0 Å². The van der Waals surface area contributed by atoms with Gasteiger partial charge in [-0.15, -0.1) is 11.3 Å². The van der Waals surface area contributed by atoms with Crippen LogP contribution in [0.1, 0.15) is 40.9 Å². The van der Waals surface area contributed by atoms with Gasteiger partial charge < -0.3 is 16.4 Å². The molecule has 1 heterocycles. The van der Waals surface area contributed by atoms with Crippen molar-refractivity contribution >= 4 is 37.8 Å². The third-order valence-electron chi connectivity index (χ3n) is 3.27. The third-order valence-corrected chi connectivity index (χ3v) is 5.39. The number of carbonyl (C=O) groups is 1. The molecule has 1 aliphatic rings. The summed E-state index contributed by atoms with van der Waals surface area (Å²) < 4.78 is 22.4. The zero-order chi connectivity index (χ0) is 15.6. The standard InChI is InChI=1S/C13H21N3O3S2/c1-3-15-12(17)11-10(14)9(8-4-5-8)13(20-11)16-6-7-21(2,18)19/h8,16H,3-7,14H2,1-2H3,(H,15,17). The molecule has 0 saturated heterocycles. The maximum absolute atomic E-state index is 12.0. The number of hydrogen-bond donors (Lipinski definition) is 3. The summed E-state index contributed by atoms with van der Waals surface area (Å²) in [6.45, 7) is 2.73. The Morgan fingerprint density at radius 1 is 1.43 bits per heavy atom. The van der Waals surface area contributed by atoms with Crippen LogP contribution in [-0.4, -0.2) is 39.4 Å². The van der Waals surface area contributed by atoms with Crippen molar-refractivity contribution in [2.75, 3.05) is 36.1 Å². The van der Waals surface area contributed by atoms with Crippen molar-refractivity contribution < 1.29 is 13.2 Å². The van der Waals surface area contributed by atoms with Gasteiger partial charge in [0.1, 0.15) is 14.7 Å². The lowest BCUT2D eigenvalue weighted by atomic mass is 10.1. The summed E-state index contributed by atoms with van der Waals surface area (Å²) in [5.74, 6) is 0.286. The second-order valence-electron chi connectivity index (χ2n) is 5.28. The van der Waals surface area contributed by atoms with Gasteiger partial charge in [-0.25, -0.2) is 8.42 Å². The molecule has 1 aromatic heterocycles. The maximum atomic E-state index is 12.0. The minimum atomic E-state index is -3.01. The Morgan fingerprint density at radius 2 is 2.10 bits per heavy atom. The monoisotopic (exact) mass is 331 g/mol. The van der Waals surface area contributed by atoms with E-state index in [1.165, 1.54) is 17.6 Å². The number of anilines is 2. The zero-order valence-corrected chi connectivity index (χ0v) is 13.9. The summed E-state index contributed by atoms with van der Waals surface area (Å²) in [4.78, 5) is 12.5. The van der Waals surface area contributed by atoms with E-state index in [0.717, 1.165) is 23.4 Å². The second-order valence-corrected chi connectivity index (χ2v) is 8.56. The van der Waals surface area contributed by atoms with E-state index in [2.05, 4.69) is 10.6 Å². The number of nitrogens with two attached hydrogens (primary N) is 1. The van der Waals surface area contributed by atoms with E-state index in [1.807, 2.05) is 6.92 Å². The quantitative estimate of drug-likeness (QED) is 0.701. The first-order chi connectivity index (χ1) is 9.83. The minimum Gasteiger partial charge on any atom is -0.397 e. The van der Waals surface area contributed by atoms with Gasteiger partial charge in [0.25, 0.3) is 5.91 Å². The van der Waals surface area contributed by atoms with Crippen molar-refractivity contribution in [2.24, 2.45) is 0 Å². The molecule has 0 atom stereocenters. The van der Waals surface area contributed by atoms with E-state index in [9.17, 15) is 13.2 Å². The van der Waals surface area contributed by atoms with Crippen molar-refractivity contribution in [3.05, 3.63) is 10.4 Å². The highest BCUT2D eigenvalue weighted by Crippen LogP contribution is 2.50. The number of nitrogens with one attached hydrogen (secondary N) is 2. The van der Waals surface area contributed by atoms with E-state index in [4.69, 9.17) is 5.73 Å². The first-order valence-corrected chi connectivity index (χ1v) is 9.83. The highest BCUT2D eigenvalue weighted by atomic mass is 32.2. The van der Waals surface area contributed by atoms with Gasteiger partial charge in [0.05, 0.1) is 16.4 Å². The summed E-state index contributed by atoms with van der Waals surface area (Å²) in [7, 11) is -3.01. The molecular formula is C13H21N3O3S2. The van der Waals surface area contributed by atoms with Gasteiger partial charge in [-0.3, -0.25) is 4.79 Å². The average molecular weight is 331 g/mol. The van der Waals surface area contributed by atoms with Crippen LogP contribution < -0.4 is 16.4 Å². The molecule has 0 spiro atoms. The van der Waals surface area contributed by atoms with Crippen LogP contribution in [0, 0.1) is 0 Å². The van der Waals surface area contributed by atoms with Crippen LogP contribution in [0.2, 0.25) is 0 Å². The van der Waals surface area contributed by atoms with Crippen LogP contribution in [0.15, 0.2) is 0 Å². The van der Waals surface area contributed by atoms with Crippen molar-refractivity contribution in [3.63, 3.8) is 0 Å². The summed E-state index contributed by atoms with van der Waals surface area (Å²) >= 11 is 1.31. The largest absolute Gasteiger partial charge is 0.397 e. The molecule has 0 aromatic carbocycles. The average Bonchev–Trinajstić information content (AvgIpc) is 3.13. The fourth-order valence-corrected chi connectivity index (χ4v) is 3.75. The normalized spacial score (nSPS) is 15.0. The van der Waals surface area contributed by atoms with Crippen molar-refractivity contribution in [3.8, 4) is 0 Å². The van der Waals surface area contributed by atoms with E-state index < -0.39 is 9.84 Å². The number of thiophene rings is 1. The number of carbonyl (C=O) groups excluding carboxylic acids is 1. The molecule has 2 rings (SSSR count). The molecule has 1 aliphatic carbocycles. The van der Waals surface area contributed by atoms with E-state index in [0.29, 0.717) is 29.6 Å². The lowest BCUT2D eigenvalue weighted by Gasteiger charge is -2.06. The Morgan fingerprint density at radius 3 is 2.62 bits per heavy atom. The van der Waals surface area contributed by atoms with E-state index >= 15 is 0 Å². The number of sulfone groups is 1. The minimum absolute atomic E-state index is 0.0609. The maximum Gasteiger partial charge on any atom is 0.263 e. The molecule has 0 radical (unpaired) electrons. The number of nitrogen functional groups attached to an aromatic ring is 1. The summed E-state index contributed by atoms with van der Waals surface area (Å²) in [5.41, 5.74) is 7.64. The van der Waals surface area contributed by atoms with Crippen LogP contribution in [0.3, 0.4) is 0 Å². The van der Waals surface area contributed by atoms with Crippen LogP contribution >= 0.6 is 11.3 Å². The third kappa shape index (κ3) is 4.10. The number of hydrogen-bond acceptors (Lipinski definition) is 6. The predicted molar refractivity (Wildman–Crippen MR) is 86.9 cm³/mol. The Kier molecular flexibility index (Phi) is 4.77. The second kappa shape index (κ2) is 6.23. The van der Waals surface area contributed by atoms with Gasteiger partial charge in [0.2, 0.25) is 0 Å². The molecular weight excluding hydrogens is 310 g/mol. The van der Waals surface area contributed by atoms with Gasteiger partial charge in [-0.1, -0.05) is 0 Å². The number of rotatable bonds is 7. The highest BCUT2D eigenvalue weighted by Gasteiger charge is 2.32. The lowest BCUT2D eigenvalue weighted by Crippen LogP contribution is -2.22. The Bertz CT molecular complexity index is 633. The first-order valence-electron chi connectivity index (χ1n) is 6.95. The Balaban J connectivity index is 2.19. The molecule has 8 heteroatoms. The molecule has 1 saturated carbocycles.